The SMILES string of the molecule is CCC(CC)C1(CNCCOC)CC1. The van der Waals surface area contributed by atoms with E-state index in [4.69, 9.17) is 4.74 Å². The van der Waals surface area contributed by atoms with Crippen LogP contribution in [0.4, 0.5) is 0 Å². The Kier molecular flexibility index (Phi) is 4.90. The van der Waals surface area contributed by atoms with Crippen LogP contribution in [0, 0.1) is 11.3 Å². The Morgan fingerprint density at radius 1 is 1.29 bits per heavy atom. The summed E-state index contributed by atoms with van der Waals surface area (Å²) < 4.78 is 5.03. The standard InChI is InChI=1S/C12H25NO/c1-4-11(5-2)12(6-7-12)10-13-8-9-14-3/h11,13H,4-10H2,1-3H3. The van der Waals surface area contributed by atoms with Crippen LogP contribution in [0.25, 0.3) is 0 Å². The van der Waals surface area contributed by atoms with Crippen LogP contribution in [-0.4, -0.2) is 26.8 Å². The summed E-state index contributed by atoms with van der Waals surface area (Å²) in [5.41, 5.74) is 0.650. The molecule has 2 heteroatoms. The summed E-state index contributed by atoms with van der Waals surface area (Å²) in [6.45, 7) is 7.67. The van der Waals surface area contributed by atoms with E-state index in [1.54, 1.807) is 7.11 Å². The first-order valence-electron chi connectivity index (χ1n) is 5.98. The first kappa shape index (κ1) is 12.0. The average molecular weight is 199 g/mol. The molecule has 1 fully saturated rings. The molecule has 0 aromatic rings. The van der Waals surface area contributed by atoms with E-state index in [9.17, 15) is 0 Å². The predicted molar refractivity (Wildman–Crippen MR) is 60.5 cm³/mol. The average Bonchev–Trinajstić information content (AvgIpc) is 2.96. The lowest BCUT2D eigenvalue weighted by molar-refractivity contribution is 0.192. The molecule has 2 nitrogen and oxygen atoms in total. The minimum Gasteiger partial charge on any atom is -0.383 e. The molecule has 14 heavy (non-hydrogen) atoms. The monoisotopic (exact) mass is 199 g/mol. The van der Waals surface area contributed by atoms with Crippen LogP contribution in [-0.2, 0) is 4.74 Å². The number of nitrogens with one attached hydrogen (secondary N) is 1. The number of rotatable bonds is 8. The van der Waals surface area contributed by atoms with Crippen molar-refractivity contribution in [1.29, 1.82) is 0 Å². The van der Waals surface area contributed by atoms with Gasteiger partial charge in [0, 0.05) is 20.2 Å². The van der Waals surface area contributed by atoms with Gasteiger partial charge in [-0.1, -0.05) is 26.7 Å². The molecular weight excluding hydrogens is 174 g/mol. The highest BCUT2D eigenvalue weighted by Crippen LogP contribution is 2.53. The Morgan fingerprint density at radius 3 is 2.36 bits per heavy atom. The maximum atomic E-state index is 5.03. The molecule has 1 aliphatic rings. The molecule has 0 atom stereocenters. The van der Waals surface area contributed by atoms with Gasteiger partial charge in [0.2, 0.25) is 0 Å². The molecule has 0 aromatic heterocycles. The van der Waals surface area contributed by atoms with Crippen molar-refractivity contribution in [2.75, 3.05) is 26.8 Å². The second-order valence-corrected chi connectivity index (χ2v) is 4.55. The van der Waals surface area contributed by atoms with Gasteiger partial charge in [-0.15, -0.1) is 0 Å². The first-order chi connectivity index (χ1) is 6.79. The van der Waals surface area contributed by atoms with Gasteiger partial charge in [0.25, 0.3) is 0 Å². The summed E-state index contributed by atoms with van der Waals surface area (Å²) in [6.07, 6.45) is 5.53. The Bertz CT molecular complexity index is 150. The smallest absolute Gasteiger partial charge is 0.0587 e. The van der Waals surface area contributed by atoms with Gasteiger partial charge >= 0.3 is 0 Å². The Balaban J connectivity index is 2.20. The van der Waals surface area contributed by atoms with Crippen LogP contribution in [0.15, 0.2) is 0 Å². The second kappa shape index (κ2) is 5.72. The van der Waals surface area contributed by atoms with E-state index in [0.717, 1.165) is 19.1 Å². The van der Waals surface area contributed by atoms with Crippen LogP contribution in [0.1, 0.15) is 39.5 Å². The van der Waals surface area contributed by atoms with E-state index in [1.807, 2.05) is 0 Å². The van der Waals surface area contributed by atoms with Gasteiger partial charge in [0.05, 0.1) is 6.61 Å². The normalized spacial score (nSPS) is 18.9. The van der Waals surface area contributed by atoms with E-state index in [-0.39, 0.29) is 0 Å². The number of hydrogen-bond acceptors (Lipinski definition) is 2. The summed E-state index contributed by atoms with van der Waals surface area (Å²) in [7, 11) is 1.76. The molecule has 0 heterocycles. The number of methoxy groups -OCH3 is 1. The van der Waals surface area contributed by atoms with Crippen molar-refractivity contribution in [3.8, 4) is 0 Å². The third kappa shape index (κ3) is 2.96. The van der Waals surface area contributed by atoms with Gasteiger partial charge in [-0.05, 0) is 24.2 Å². The zero-order chi connectivity index (χ0) is 10.4. The maximum absolute atomic E-state index is 5.03. The van der Waals surface area contributed by atoms with Crippen LogP contribution in [0.3, 0.4) is 0 Å². The molecule has 0 spiro atoms. The molecule has 0 aliphatic heterocycles. The van der Waals surface area contributed by atoms with Crippen molar-refractivity contribution in [2.45, 2.75) is 39.5 Å². The molecule has 1 N–H and O–H groups in total. The molecule has 0 radical (unpaired) electrons. The lowest BCUT2D eigenvalue weighted by atomic mass is 9.85. The summed E-state index contributed by atoms with van der Waals surface area (Å²) in [6, 6.07) is 0. The summed E-state index contributed by atoms with van der Waals surface area (Å²) in [4.78, 5) is 0. The third-order valence-corrected chi connectivity index (χ3v) is 3.70. The van der Waals surface area contributed by atoms with Crippen molar-refractivity contribution < 1.29 is 4.74 Å². The summed E-state index contributed by atoms with van der Waals surface area (Å²) >= 11 is 0. The van der Waals surface area contributed by atoms with Crippen LogP contribution >= 0.6 is 0 Å². The van der Waals surface area contributed by atoms with Crippen molar-refractivity contribution in [3.63, 3.8) is 0 Å². The molecule has 1 aliphatic carbocycles. The van der Waals surface area contributed by atoms with Crippen LogP contribution in [0.2, 0.25) is 0 Å². The molecule has 1 saturated carbocycles. The van der Waals surface area contributed by atoms with Crippen molar-refractivity contribution in [2.24, 2.45) is 11.3 Å². The van der Waals surface area contributed by atoms with E-state index in [1.165, 1.54) is 32.2 Å². The van der Waals surface area contributed by atoms with Gasteiger partial charge in [0.15, 0.2) is 0 Å². The lowest BCUT2D eigenvalue weighted by Gasteiger charge is -2.25. The number of ether oxygens (including phenoxy) is 1. The fourth-order valence-corrected chi connectivity index (χ4v) is 2.56. The predicted octanol–water partition coefficient (Wildman–Crippen LogP) is 2.44. The van der Waals surface area contributed by atoms with Gasteiger partial charge in [-0.2, -0.15) is 0 Å². The highest BCUT2D eigenvalue weighted by atomic mass is 16.5. The van der Waals surface area contributed by atoms with E-state index < -0.39 is 0 Å². The van der Waals surface area contributed by atoms with Crippen LogP contribution in [0.5, 0.6) is 0 Å². The Morgan fingerprint density at radius 2 is 1.93 bits per heavy atom. The summed E-state index contributed by atoms with van der Waals surface area (Å²) in [5.74, 6) is 0.928. The summed E-state index contributed by atoms with van der Waals surface area (Å²) in [5, 5.41) is 3.51. The quantitative estimate of drug-likeness (QED) is 0.606. The molecule has 1 rings (SSSR count). The van der Waals surface area contributed by atoms with E-state index in [0.29, 0.717) is 5.41 Å². The highest BCUT2D eigenvalue weighted by molar-refractivity contribution is 4.99. The number of hydrogen-bond donors (Lipinski definition) is 1. The lowest BCUT2D eigenvalue weighted by Crippen LogP contribution is -2.31. The zero-order valence-corrected chi connectivity index (χ0v) is 9.94. The van der Waals surface area contributed by atoms with Gasteiger partial charge in [0.1, 0.15) is 0 Å². The van der Waals surface area contributed by atoms with E-state index >= 15 is 0 Å². The van der Waals surface area contributed by atoms with Crippen molar-refractivity contribution >= 4 is 0 Å². The minimum absolute atomic E-state index is 0.650. The van der Waals surface area contributed by atoms with Gasteiger partial charge in [-0.3, -0.25) is 0 Å². The molecule has 0 aromatic carbocycles. The third-order valence-electron chi connectivity index (χ3n) is 3.70. The second-order valence-electron chi connectivity index (χ2n) is 4.55. The van der Waals surface area contributed by atoms with Gasteiger partial charge in [-0.25, -0.2) is 0 Å². The first-order valence-corrected chi connectivity index (χ1v) is 5.98. The van der Waals surface area contributed by atoms with Gasteiger partial charge < -0.3 is 10.1 Å². The molecule has 0 amide bonds. The van der Waals surface area contributed by atoms with Crippen molar-refractivity contribution in [1.82, 2.24) is 5.32 Å². The Labute approximate surface area is 88.4 Å². The minimum atomic E-state index is 0.650. The molecule has 0 unspecified atom stereocenters. The van der Waals surface area contributed by atoms with Crippen LogP contribution < -0.4 is 5.32 Å². The molecule has 0 saturated heterocycles. The highest BCUT2D eigenvalue weighted by Gasteiger charge is 2.46. The topological polar surface area (TPSA) is 21.3 Å². The molecule has 84 valence electrons. The fourth-order valence-electron chi connectivity index (χ4n) is 2.56. The maximum Gasteiger partial charge on any atom is 0.0587 e. The largest absolute Gasteiger partial charge is 0.383 e. The zero-order valence-electron chi connectivity index (χ0n) is 9.94. The Hall–Kier alpha value is -0.0800. The molecular formula is C12H25NO. The van der Waals surface area contributed by atoms with Crippen molar-refractivity contribution in [3.05, 3.63) is 0 Å². The van der Waals surface area contributed by atoms with E-state index in [2.05, 4.69) is 19.2 Å². The fraction of sp³-hybridized carbons (Fsp3) is 1.00. The molecule has 0 bridgehead atoms.